The van der Waals surface area contributed by atoms with Crippen LogP contribution in [0.2, 0.25) is 0 Å². The SMILES string of the molecule is C=CCOCCOCCOCCOCCOCCOCCOCCOCCOCCOCCOCCOCCC(=O)OC. The van der Waals surface area contributed by atoms with Crippen molar-refractivity contribution >= 4 is 5.97 Å². The number of rotatable bonds is 38. The number of methoxy groups -OCH3 is 1. The van der Waals surface area contributed by atoms with Crippen molar-refractivity contribution in [2.45, 2.75) is 6.42 Å². The summed E-state index contributed by atoms with van der Waals surface area (Å²) in [6, 6.07) is 0. The Labute approximate surface area is 257 Å². The number of hydrogen-bond donors (Lipinski definition) is 0. The summed E-state index contributed by atoms with van der Waals surface area (Å²) in [6.07, 6.45) is 1.95. The highest BCUT2D eigenvalue weighted by Gasteiger charge is 1.99. The largest absolute Gasteiger partial charge is 0.469 e. The van der Waals surface area contributed by atoms with Crippen LogP contribution in [0.5, 0.6) is 0 Å². The molecule has 0 aliphatic heterocycles. The molecule has 0 aromatic rings. The fourth-order valence-corrected chi connectivity index (χ4v) is 2.84. The van der Waals surface area contributed by atoms with Gasteiger partial charge in [0.05, 0.1) is 172 Å². The smallest absolute Gasteiger partial charge is 0.307 e. The lowest BCUT2D eigenvalue weighted by atomic mass is 10.5. The van der Waals surface area contributed by atoms with Gasteiger partial charge in [0.25, 0.3) is 0 Å². The van der Waals surface area contributed by atoms with E-state index in [-0.39, 0.29) is 12.4 Å². The van der Waals surface area contributed by atoms with E-state index in [1.807, 2.05) is 0 Å². The van der Waals surface area contributed by atoms with Crippen LogP contribution in [0.1, 0.15) is 6.42 Å². The lowest BCUT2D eigenvalue weighted by Crippen LogP contribution is -2.15. The molecular formula is C29H56O14. The maximum Gasteiger partial charge on any atom is 0.307 e. The van der Waals surface area contributed by atoms with Crippen molar-refractivity contribution in [1.29, 1.82) is 0 Å². The van der Waals surface area contributed by atoms with E-state index >= 15 is 0 Å². The van der Waals surface area contributed by atoms with Gasteiger partial charge in [-0.15, -0.1) is 6.58 Å². The van der Waals surface area contributed by atoms with Crippen LogP contribution in [0.25, 0.3) is 0 Å². The summed E-state index contributed by atoms with van der Waals surface area (Å²) in [7, 11) is 1.35. The van der Waals surface area contributed by atoms with Gasteiger partial charge in [-0.2, -0.15) is 0 Å². The summed E-state index contributed by atoms with van der Waals surface area (Å²) < 4.78 is 69.3. The molecule has 0 unspecified atom stereocenters. The van der Waals surface area contributed by atoms with Crippen LogP contribution in [0.4, 0.5) is 0 Å². The van der Waals surface area contributed by atoms with Gasteiger partial charge in [-0.25, -0.2) is 0 Å². The quantitative estimate of drug-likeness (QED) is 0.0545. The highest BCUT2D eigenvalue weighted by Crippen LogP contribution is 1.89. The Hall–Kier alpha value is -1.27. The number of carbonyl (C=O) groups is 1. The predicted octanol–water partition coefficient (Wildman–Crippen LogP) is 0.935. The van der Waals surface area contributed by atoms with E-state index in [4.69, 9.17) is 56.8 Å². The number of ether oxygens (including phenoxy) is 13. The van der Waals surface area contributed by atoms with Crippen molar-refractivity contribution in [3.63, 3.8) is 0 Å². The summed E-state index contributed by atoms with van der Waals surface area (Å²) in [4.78, 5) is 10.9. The Morgan fingerprint density at radius 2 is 0.605 bits per heavy atom. The first-order chi connectivity index (χ1) is 21.3. The lowest BCUT2D eigenvalue weighted by Gasteiger charge is -2.09. The molecule has 0 N–H and O–H groups in total. The van der Waals surface area contributed by atoms with E-state index in [1.54, 1.807) is 6.08 Å². The van der Waals surface area contributed by atoms with Crippen LogP contribution in [0.3, 0.4) is 0 Å². The van der Waals surface area contributed by atoms with Gasteiger partial charge >= 0.3 is 5.97 Å². The summed E-state index contributed by atoms with van der Waals surface area (Å²) >= 11 is 0. The fraction of sp³-hybridized carbons (Fsp3) is 0.897. The van der Waals surface area contributed by atoms with Crippen molar-refractivity contribution in [1.82, 2.24) is 0 Å². The van der Waals surface area contributed by atoms with Crippen molar-refractivity contribution in [2.75, 3.05) is 166 Å². The lowest BCUT2D eigenvalue weighted by molar-refractivity contribution is -0.141. The maximum atomic E-state index is 10.9. The first-order valence-electron chi connectivity index (χ1n) is 14.9. The van der Waals surface area contributed by atoms with Gasteiger partial charge < -0.3 is 61.6 Å². The molecule has 43 heavy (non-hydrogen) atoms. The number of esters is 1. The predicted molar refractivity (Wildman–Crippen MR) is 157 cm³/mol. The standard InChI is InChI=1S/C29H56O14/c1-3-5-32-7-9-34-11-13-36-15-17-38-19-21-40-23-25-42-27-28-43-26-24-41-22-20-39-18-16-37-14-12-35-10-8-33-6-4-29(30)31-2/h3H,1,4-28H2,2H3. The molecular weight excluding hydrogens is 572 g/mol. The van der Waals surface area contributed by atoms with Gasteiger partial charge in [0.2, 0.25) is 0 Å². The molecule has 14 heteroatoms. The van der Waals surface area contributed by atoms with Crippen LogP contribution < -0.4 is 0 Å². The van der Waals surface area contributed by atoms with E-state index in [0.717, 1.165) is 0 Å². The van der Waals surface area contributed by atoms with Gasteiger partial charge in [-0.05, 0) is 0 Å². The molecule has 0 atom stereocenters. The second-order valence-electron chi connectivity index (χ2n) is 8.43. The maximum absolute atomic E-state index is 10.9. The highest BCUT2D eigenvalue weighted by atomic mass is 16.6. The van der Waals surface area contributed by atoms with Gasteiger partial charge in [0.1, 0.15) is 0 Å². The van der Waals surface area contributed by atoms with Crippen LogP contribution >= 0.6 is 0 Å². The zero-order valence-corrected chi connectivity index (χ0v) is 26.2. The van der Waals surface area contributed by atoms with Crippen LogP contribution in [0, 0.1) is 0 Å². The zero-order chi connectivity index (χ0) is 31.2. The number of carbonyl (C=O) groups excluding carboxylic acids is 1. The normalized spacial score (nSPS) is 11.3. The second-order valence-corrected chi connectivity index (χ2v) is 8.43. The molecule has 0 rings (SSSR count). The van der Waals surface area contributed by atoms with Crippen molar-refractivity contribution in [3.8, 4) is 0 Å². The molecule has 0 saturated carbocycles. The molecule has 256 valence electrons. The first-order valence-corrected chi connectivity index (χ1v) is 14.9. The van der Waals surface area contributed by atoms with Crippen LogP contribution in [-0.2, 0) is 66.4 Å². The first kappa shape index (κ1) is 41.7. The fourth-order valence-electron chi connectivity index (χ4n) is 2.84. The Morgan fingerprint density at radius 1 is 0.395 bits per heavy atom. The molecule has 0 amide bonds. The van der Waals surface area contributed by atoms with Crippen molar-refractivity contribution in [2.24, 2.45) is 0 Å². The molecule has 0 saturated heterocycles. The minimum atomic E-state index is -0.286. The Balaban J connectivity index is 3.04. The topological polar surface area (TPSA) is 137 Å². The Morgan fingerprint density at radius 3 is 0.814 bits per heavy atom. The highest BCUT2D eigenvalue weighted by molar-refractivity contribution is 5.69. The average molecular weight is 629 g/mol. The summed E-state index contributed by atoms with van der Waals surface area (Å²) in [5, 5.41) is 0. The summed E-state index contributed by atoms with van der Waals surface area (Å²) in [5.41, 5.74) is 0. The molecule has 14 nitrogen and oxygen atoms in total. The molecule has 0 fully saturated rings. The van der Waals surface area contributed by atoms with E-state index in [1.165, 1.54) is 7.11 Å². The van der Waals surface area contributed by atoms with Gasteiger partial charge in [-0.3, -0.25) is 4.79 Å². The molecule has 0 aliphatic rings. The average Bonchev–Trinajstić information content (AvgIpc) is 3.02. The van der Waals surface area contributed by atoms with Crippen molar-refractivity contribution < 1.29 is 66.4 Å². The van der Waals surface area contributed by atoms with Crippen LogP contribution in [-0.4, -0.2) is 172 Å². The van der Waals surface area contributed by atoms with Crippen molar-refractivity contribution in [3.05, 3.63) is 12.7 Å². The van der Waals surface area contributed by atoms with Gasteiger partial charge in [0.15, 0.2) is 0 Å². The minimum absolute atomic E-state index is 0.245. The minimum Gasteiger partial charge on any atom is -0.469 e. The van der Waals surface area contributed by atoms with Gasteiger partial charge in [0, 0.05) is 0 Å². The Kier molecular flexibility index (Phi) is 37.6. The molecule has 0 radical (unpaired) electrons. The molecule has 0 spiro atoms. The van der Waals surface area contributed by atoms with E-state index in [9.17, 15) is 4.79 Å². The third-order valence-corrected chi connectivity index (χ3v) is 5.01. The molecule has 0 aromatic carbocycles. The zero-order valence-electron chi connectivity index (χ0n) is 26.2. The molecule has 0 aromatic heterocycles. The molecule has 0 bridgehead atoms. The molecule has 0 heterocycles. The summed E-state index contributed by atoms with van der Waals surface area (Å²) in [5.74, 6) is -0.286. The number of hydrogen-bond acceptors (Lipinski definition) is 14. The van der Waals surface area contributed by atoms with E-state index in [0.29, 0.717) is 159 Å². The monoisotopic (exact) mass is 628 g/mol. The third-order valence-electron chi connectivity index (χ3n) is 5.01. The van der Waals surface area contributed by atoms with Crippen LogP contribution in [0.15, 0.2) is 12.7 Å². The van der Waals surface area contributed by atoms with Gasteiger partial charge in [-0.1, -0.05) is 6.08 Å². The van der Waals surface area contributed by atoms with E-state index in [2.05, 4.69) is 11.3 Å². The van der Waals surface area contributed by atoms with E-state index < -0.39 is 0 Å². The Bertz CT molecular complexity index is 555. The third kappa shape index (κ3) is 38.7. The summed E-state index contributed by atoms with van der Waals surface area (Å²) in [6.45, 7) is 15.5. The molecule has 0 aliphatic carbocycles. The second kappa shape index (κ2) is 38.8.